The highest BCUT2D eigenvalue weighted by molar-refractivity contribution is 5.67. The molecular weight excluding hydrogens is 320 g/mol. The van der Waals surface area contributed by atoms with Crippen molar-refractivity contribution in [1.29, 1.82) is 0 Å². The third-order valence-corrected chi connectivity index (χ3v) is 5.84. The van der Waals surface area contributed by atoms with Crippen LogP contribution < -0.4 is 4.90 Å². The van der Waals surface area contributed by atoms with Gasteiger partial charge in [-0.05, 0) is 67.7 Å². The number of tetrazole rings is 1. The van der Waals surface area contributed by atoms with Crippen molar-refractivity contribution in [3.05, 3.63) is 0 Å². The van der Waals surface area contributed by atoms with Gasteiger partial charge in [0.1, 0.15) is 0 Å². The molecule has 0 aromatic carbocycles. The van der Waals surface area contributed by atoms with Gasteiger partial charge in [-0.2, -0.15) is 0 Å². The molecule has 3 heterocycles. The Labute approximate surface area is 148 Å². The molecule has 8 heteroatoms. The monoisotopic (exact) mass is 348 g/mol. The van der Waals surface area contributed by atoms with Gasteiger partial charge in [-0.3, -0.25) is 0 Å². The summed E-state index contributed by atoms with van der Waals surface area (Å²) in [4.78, 5) is 16.0. The van der Waals surface area contributed by atoms with Crippen molar-refractivity contribution in [2.24, 2.45) is 11.8 Å². The van der Waals surface area contributed by atoms with Crippen molar-refractivity contribution in [3.8, 4) is 0 Å². The first kappa shape index (κ1) is 16.6. The van der Waals surface area contributed by atoms with Crippen LogP contribution in [0.4, 0.5) is 10.7 Å². The number of hydrogen-bond donors (Lipinski definition) is 0. The molecule has 1 aromatic rings. The molecule has 25 heavy (non-hydrogen) atoms. The van der Waals surface area contributed by atoms with E-state index in [1.54, 1.807) is 4.90 Å². The summed E-state index contributed by atoms with van der Waals surface area (Å²) in [5.41, 5.74) is 0. The van der Waals surface area contributed by atoms with Gasteiger partial charge < -0.3 is 14.5 Å². The number of aromatic nitrogens is 4. The first-order valence-electron chi connectivity index (χ1n) is 9.70. The van der Waals surface area contributed by atoms with E-state index in [1.807, 2.05) is 11.6 Å². The Bertz CT molecular complexity index is 594. The number of carbonyl (C=O) groups is 1. The van der Waals surface area contributed by atoms with Crippen LogP contribution in [0.15, 0.2) is 0 Å². The molecule has 4 rings (SSSR count). The predicted molar refractivity (Wildman–Crippen MR) is 92.3 cm³/mol. The van der Waals surface area contributed by atoms with Gasteiger partial charge >= 0.3 is 6.09 Å². The fourth-order valence-corrected chi connectivity index (χ4v) is 4.29. The van der Waals surface area contributed by atoms with Gasteiger partial charge in [-0.15, -0.1) is 0 Å². The van der Waals surface area contributed by atoms with E-state index >= 15 is 0 Å². The second kappa shape index (κ2) is 7.17. The highest BCUT2D eigenvalue weighted by Crippen LogP contribution is 2.41. The Morgan fingerprint density at radius 3 is 2.64 bits per heavy atom. The Balaban J connectivity index is 1.39. The summed E-state index contributed by atoms with van der Waals surface area (Å²) in [6, 6.07) is 0.261. The predicted octanol–water partition coefficient (Wildman–Crippen LogP) is 2.09. The summed E-state index contributed by atoms with van der Waals surface area (Å²) in [5, 5.41) is 12.6. The van der Waals surface area contributed by atoms with E-state index in [2.05, 4.69) is 20.4 Å². The molecule has 2 saturated heterocycles. The van der Waals surface area contributed by atoms with Crippen LogP contribution in [0.3, 0.4) is 0 Å². The van der Waals surface area contributed by atoms with Crippen LogP contribution in [-0.2, 0) is 4.74 Å². The minimum absolute atomic E-state index is 0.207. The Hall–Kier alpha value is -1.86. The van der Waals surface area contributed by atoms with E-state index < -0.39 is 0 Å². The molecule has 138 valence electrons. The highest BCUT2D eigenvalue weighted by atomic mass is 16.6. The standard InChI is InChI=1S/C17H28N6O2/c1-2-25-17(24)21-10-7-15(8-11-21)23-16(18-19-20-23)22-9-3-4-14(12-22)13-5-6-13/h13-15H,2-12H2,1H3. The van der Waals surface area contributed by atoms with Gasteiger partial charge in [0.05, 0.1) is 12.6 Å². The Kier molecular flexibility index (Phi) is 4.76. The van der Waals surface area contributed by atoms with Crippen LogP contribution in [0.1, 0.15) is 51.5 Å². The van der Waals surface area contributed by atoms with Crippen LogP contribution >= 0.6 is 0 Å². The number of piperidine rings is 2. The average molecular weight is 348 g/mol. The minimum Gasteiger partial charge on any atom is -0.450 e. The SMILES string of the molecule is CCOC(=O)N1CCC(n2nnnc2N2CCCC(C3CC3)C2)CC1. The molecule has 1 aromatic heterocycles. The van der Waals surface area contributed by atoms with E-state index in [0.29, 0.717) is 19.7 Å². The van der Waals surface area contributed by atoms with Crippen molar-refractivity contribution in [1.82, 2.24) is 25.1 Å². The number of nitrogens with zero attached hydrogens (tertiary/aromatic N) is 6. The molecule has 0 spiro atoms. The van der Waals surface area contributed by atoms with Crippen LogP contribution in [-0.4, -0.2) is 64.0 Å². The molecule has 1 amide bonds. The van der Waals surface area contributed by atoms with E-state index in [9.17, 15) is 4.79 Å². The van der Waals surface area contributed by atoms with E-state index in [-0.39, 0.29) is 12.1 Å². The summed E-state index contributed by atoms with van der Waals surface area (Å²) >= 11 is 0. The molecule has 1 atom stereocenters. The first-order chi connectivity index (χ1) is 12.3. The quantitative estimate of drug-likeness (QED) is 0.829. The number of amides is 1. The summed E-state index contributed by atoms with van der Waals surface area (Å²) in [7, 11) is 0. The number of hydrogen-bond acceptors (Lipinski definition) is 6. The van der Waals surface area contributed by atoms with Crippen molar-refractivity contribution in [3.63, 3.8) is 0 Å². The number of likely N-dealkylation sites (tertiary alicyclic amines) is 1. The molecule has 0 radical (unpaired) electrons. The zero-order chi connectivity index (χ0) is 17.2. The summed E-state index contributed by atoms with van der Waals surface area (Å²) in [6.45, 7) is 5.80. The summed E-state index contributed by atoms with van der Waals surface area (Å²) in [5.74, 6) is 2.66. The molecule has 3 fully saturated rings. The van der Waals surface area contributed by atoms with E-state index in [0.717, 1.165) is 43.7 Å². The topological polar surface area (TPSA) is 76.4 Å². The fourth-order valence-electron chi connectivity index (χ4n) is 4.29. The third kappa shape index (κ3) is 3.57. The minimum atomic E-state index is -0.207. The number of rotatable bonds is 4. The Morgan fingerprint density at radius 1 is 1.12 bits per heavy atom. The van der Waals surface area contributed by atoms with Crippen molar-refractivity contribution < 1.29 is 9.53 Å². The van der Waals surface area contributed by atoms with Gasteiger partial charge in [-0.25, -0.2) is 9.48 Å². The molecule has 3 aliphatic rings. The van der Waals surface area contributed by atoms with E-state index in [4.69, 9.17) is 4.74 Å². The first-order valence-corrected chi connectivity index (χ1v) is 9.70. The number of anilines is 1. The zero-order valence-electron chi connectivity index (χ0n) is 15.0. The van der Waals surface area contributed by atoms with E-state index in [1.165, 1.54) is 25.7 Å². The lowest BCUT2D eigenvalue weighted by Crippen LogP contribution is -2.41. The fraction of sp³-hybridized carbons (Fsp3) is 0.882. The second-order valence-corrected chi connectivity index (χ2v) is 7.53. The maximum absolute atomic E-state index is 11.9. The largest absolute Gasteiger partial charge is 0.450 e. The number of ether oxygens (including phenoxy) is 1. The normalized spacial score (nSPS) is 25.2. The Morgan fingerprint density at radius 2 is 1.92 bits per heavy atom. The molecule has 0 bridgehead atoms. The van der Waals surface area contributed by atoms with Crippen LogP contribution in [0.2, 0.25) is 0 Å². The smallest absolute Gasteiger partial charge is 0.409 e. The highest BCUT2D eigenvalue weighted by Gasteiger charge is 2.36. The summed E-state index contributed by atoms with van der Waals surface area (Å²) < 4.78 is 7.10. The summed E-state index contributed by atoms with van der Waals surface area (Å²) in [6.07, 6.45) is 6.91. The lowest BCUT2D eigenvalue weighted by Gasteiger charge is -2.35. The number of carbonyl (C=O) groups excluding carboxylic acids is 1. The molecule has 1 saturated carbocycles. The zero-order valence-corrected chi connectivity index (χ0v) is 15.0. The molecular formula is C17H28N6O2. The molecule has 1 unspecified atom stereocenters. The van der Waals surface area contributed by atoms with Gasteiger partial charge in [0.25, 0.3) is 0 Å². The van der Waals surface area contributed by atoms with Crippen molar-refractivity contribution in [2.75, 3.05) is 37.7 Å². The van der Waals surface area contributed by atoms with Crippen LogP contribution in [0, 0.1) is 11.8 Å². The lowest BCUT2D eigenvalue weighted by molar-refractivity contribution is 0.0914. The van der Waals surface area contributed by atoms with Gasteiger partial charge in [-0.1, -0.05) is 5.10 Å². The van der Waals surface area contributed by atoms with Crippen molar-refractivity contribution in [2.45, 2.75) is 51.5 Å². The molecule has 1 aliphatic carbocycles. The molecule has 0 N–H and O–H groups in total. The lowest BCUT2D eigenvalue weighted by atomic mass is 9.93. The van der Waals surface area contributed by atoms with Gasteiger partial charge in [0.15, 0.2) is 0 Å². The van der Waals surface area contributed by atoms with Gasteiger partial charge in [0, 0.05) is 26.2 Å². The molecule has 8 nitrogen and oxygen atoms in total. The maximum atomic E-state index is 11.9. The molecule has 2 aliphatic heterocycles. The maximum Gasteiger partial charge on any atom is 0.409 e. The van der Waals surface area contributed by atoms with Crippen LogP contribution in [0.25, 0.3) is 0 Å². The third-order valence-electron chi connectivity index (χ3n) is 5.84. The van der Waals surface area contributed by atoms with Crippen molar-refractivity contribution >= 4 is 12.0 Å². The van der Waals surface area contributed by atoms with Gasteiger partial charge in [0.2, 0.25) is 5.95 Å². The average Bonchev–Trinajstić information content (AvgIpc) is 3.39. The van der Waals surface area contributed by atoms with Crippen LogP contribution in [0.5, 0.6) is 0 Å². The second-order valence-electron chi connectivity index (χ2n) is 7.53.